The normalized spacial score (nSPS) is 20.3. The van der Waals surface area contributed by atoms with Crippen LogP contribution in [0.3, 0.4) is 0 Å². The maximum absolute atomic E-state index is 14.5. The molecule has 6 rings (SSSR count). The second kappa shape index (κ2) is 13.9. The molecule has 12 nitrogen and oxygen atoms in total. The van der Waals surface area contributed by atoms with Gasteiger partial charge in [0.15, 0.2) is 0 Å². The molecule has 4 bridgehead atoms. The Morgan fingerprint density at radius 1 is 1.02 bits per heavy atom. The van der Waals surface area contributed by atoms with Gasteiger partial charge in [-0.25, -0.2) is 28.1 Å². The molecule has 1 aliphatic heterocycles. The van der Waals surface area contributed by atoms with Gasteiger partial charge in [0, 0.05) is 43.6 Å². The van der Waals surface area contributed by atoms with Gasteiger partial charge in [0.25, 0.3) is 15.9 Å². The molecule has 1 aliphatic carbocycles. The predicted octanol–water partition coefficient (Wildman–Crippen LogP) is 5.80. The number of sulfonamides is 1. The Bertz CT molecular complexity index is 1970. The molecule has 2 aromatic heterocycles. The summed E-state index contributed by atoms with van der Waals surface area (Å²) in [5.41, 5.74) is 4.00. The highest BCUT2D eigenvalue weighted by atomic mass is 32.2. The Morgan fingerprint density at radius 3 is 2.44 bits per heavy atom. The number of aromatic nitrogens is 4. The molecule has 0 spiro atoms. The van der Waals surface area contributed by atoms with Crippen molar-refractivity contribution in [3.05, 3.63) is 83.2 Å². The number of fused-ring (bicyclic) bond motifs is 4. The van der Waals surface area contributed by atoms with Crippen LogP contribution in [0.25, 0.3) is 11.3 Å². The van der Waals surface area contributed by atoms with Crippen molar-refractivity contribution in [3.8, 4) is 17.1 Å². The van der Waals surface area contributed by atoms with Gasteiger partial charge < -0.3 is 19.3 Å². The fourth-order valence-corrected chi connectivity index (χ4v) is 7.56. The van der Waals surface area contributed by atoms with E-state index in [1.165, 1.54) is 12.1 Å². The number of nitrogens with one attached hydrogen (secondary N) is 1. The number of nitrogens with zero attached hydrogens (tertiary/aromatic N) is 6. The molecule has 0 saturated heterocycles. The van der Waals surface area contributed by atoms with E-state index in [1.54, 1.807) is 42.5 Å². The first-order valence-electron chi connectivity index (χ1n) is 16.8. The van der Waals surface area contributed by atoms with Crippen LogP contribution in [0.4, 0.5) is 11.9 Å². The lowest BCUT2D eigenvalue weighted by atomic mass is 9.87. The molecule has 1 amide bonds. The number of carbonyl (C=O) groups is 1. The van der Waals surface area contributed by atoms with Crippen LogP contribution in [-0.4, -0.2) is 78.1 Å². The molecule has 1 fully saturated rings. The van der Waals surface area contributed by atoms with Gasteiger partial charge in [-0.15, -0.1) is 0 Å². The van der Waals surface area contributed by atoms with Crippen molar-refractivity contribution in [3.63, 3.8) is 0 Å². The second-order valence-corrected chi connectivity index (χ2v) is 16.1. The van der Waals surface area contributed by atoms with Gasteiger partial charge in [-0.2, -0.15) is 4.98 Å². The minimum atomic E-state index is -4.18. The van der Waals surface area contributed by atoms with Crippen LogP contribution in [-0.2, 0) is 21.3 Å². The van der Waals surface area contributed by atoms with Crippen molar-refractivity contribution < 1.29 is 22.7 Å². The fraction of sp³-hybridized carbons (Fsp3) is 0.432. The zero-order valence-electron chi connectivity index (χ0n) is 29.7. The molecule has 1 N–H and O–H groups in total. The molecule has 1 atom stereocenters. The maximum atomic E-state index is 14.5. The van der Waals surface area contributed by atoms with Crippen LogP contribution in [0.5, 0.6) is 5.88 Å². The number of benzene rings is 2. The van der Waals surface area contributed by atoms with E-state index < -0.39 is 16.1 Å². The Morgan fingerprint density at radius 2 is 1.74 bits per heavy atom. The molecular weight excluding hydrogens is 655 g/mol. The van der Waals surface area contributed by atoms with Crippen LogP contribution in [0.15, 0.2) is 65.7 Å². The third-order valence-electron chi connectivity index (χ3n) is 9.33. The second-order valence-electron chi connectivity index (χ2n) is 14.4. The highest BCUT2D eigenvalue weighted by Gasteiger charge is 2.34. The number of hydrogen-bond donors (Lipinski definition) is 1. The average molecular weight is 700 g/mol. The Balaban J connectivity index is 1.43. The molecular formula is C37H45N7O5S. The highest BCUT2D eigenvalue weighted by Crippen LogP contribution is 2.33. The summed E-state index contributed by atoms with van der Waals surface area (Å²) in [4.78, 5) is 36.7. The smallest absolute Gasteiger partial charge is 0.264 e. The third kappa shape index (κ3) is 7.73. The van der Waals surface area contributed by atoms with Gasteiger partial charge >= 0.3 is 0 Å². The fourth-order valence-electron chi connectivity index (χ4n) is 6.57. The first-order chi connectivity index (χ1) is 23.7. The molecule has 0 unspecified atom stereocenters. The molecule has 0 radical (unpaired) electrons. The monoisotopic (exact) mass is 699 g/mol. The summed E-state index contributed by atoms with van der Waals surface area (Å²) >= 11 is 0. The van der Waals surface area contributed by atoms with Gasteiger partial charge in [-0.3, -0.25) is 4.79 Å². The topological polar surface area (TPSA) is 140 Å². The number of ether oxygens (including phenoxy) is 2. The molecule has 3 heterocycles. The van der Waals surface area contributed by atoms with Crippen molar-refractivity contribution in [1.29, 1.82) is 0 Å². The van der Waals surface area contributed by atoms with Crippen LogP contribution >= 0.6 is 0 Å². The van der Waals surface area contributed by atoms with Crippen LogP contribution in [0.1, 0.15) is 67.2 Å². The number of anilines is 2. The van der Waals surface area contributed by atoms with Gasteiger partial charge in [0.1, 0.15) is 6.61 Å². The van der Waals surface area contributed by atoms with Crippen molar-refractivity contribution >= 4 is 27.8 Å². The Hall–Kier alpha value is -4.62. The van der Waals surface area contributed by atoms with Crippen LogP contribution < -0.4 is 14.4 Å². The first-order valence-corrected chi connectivity index (χ1v) is 18.3. The Kier molecular flexibility index (Phi) is 9.82. The van der Waals surface area contributed by atoms with Crippen molar-refractivity contribution in [2.45, 2.75) is 83.5 Å². The van der Waals surface area contributed by atoms with Crippen molar-refractivity contribution in [1.82, 2.24) is 24.8 Å². The quantitative estimate of drug-likeness (QED) is 0.252. The van der Waals surface area contributed by atoms with Gasteiger partial charge in [0.05, 0.1) is 35.0 Å². The molecule has 2 aliphatic rings. The minimum absolute atomic E-state index is 0.0840. The molecule has 2 aromatic carbocycles. The number of methoxy groups -OCH3 is 1. The summed E-state index contributed by atoms with van der Waals surface area (Å²) in [7, 11) is -0.488. The minimum Gasteiger partial charge on any atom is -0.475 e. The molecule has 1 saturated carbocycles. The van der Waals surface area contributed by atoms with Gasteiger partial charge in [-0.1, -0.05) is 45.0 Å². The number of rotatable bonds is 7. The van der Waals surface area contributed by atoms with Crippen molar-refractivity contribution in [2.75, 3.05) is 30.4 Å². The van der Waals surface area contributed by atoms with E-state index in [1.807, 2.05) is 39.1 Å². The first kappa shape index (κ1) is 35.2. The zero-order chi connectivity index (χ0) is 35.8. The lowest BCUT2D eigenvalue weighted by Crippen LogP contribution is -2.47. The standard InChI is InChI=1S/C37H45N7O5S/c1-23-10-8-11-24(2)33(23)31-19-32-41-35(40-31)42-50(46,47)30-13-9-12-25(16-30)34(45)44(28(22-49-32)20-37(3,4)5)21-26-14-15-38-36(39-26)43(6)27-17-29(18-27)48-7/h8-16,19,27-29H,17-18,20-22H2,1-7H3,(H,40,41,42)/t27?,28-,29?/m1/s1. The lowest BCUT2D eigenvalue weighted by Gasteiger charge is -2.40. The molecule has 4 aromatic rings. The third-order valence-corrected chi connectivity index (χ3v) is 10.7. The SMILES string of the molecule is COC1CC(N(C)c2nccc(CN3C(=O)c4cccc(c4)S(=O)(=O)Nc4nc(cc(-c5c(C)cccc5C)n4)OC[C@H]3CC(C)(C)C)n2)C1. The van der Waals surface area contributed by atoms with E-state index in [-0.39, 0.29) is 58.9 Å². The summed E-state index contributed by atoms with van der Waals surface area (Å²) < 4.78 is 41.9. The van der Waals surface area contributed by atoms with Crippen molar-refractivity contribution in [2.24, 2.45) is 5.41 Å². The van der Waals surface area contributed by atoms with Gasteiger partial charge in [0.2, 0.25) is 17.8 Å². The molecule has 50 heavy (non-hydrogen) atoms. The van der Waals surface area contributed by atoms with E-state index in [0.29, 0.717) is 23.8 Å². The maximum Gasteiger partial charge on any atom is 0.264 e. The van der Waals surface area contributed by atoms with E-state index in [0.717, 1.165) is 29.5 Å². The summed E-state index contributed by atoms with van der Waals surface area (Å²) in [6.07, 6.45) is 4.29. The van der Waals surface area contributed by atoms with E-state index in [9.17, 15) is 13.2 Å². The largest absolute Gasteiger partial charge is 0.475 e. The van der Waals surface area contributed by atoms with Gasteiger partial charge in [-0.05, 0) is 73.9 Å². The lowest BCUT2D eigenvalue weighted by molar-refractivity contribution is 0.0262. The zero-order valence-corrected chi connectivity index (χ0v) is 30.5. The predicted molar refractivity (Wildman–Crippen MR) is 192 cm³/mol. The van der Waals surface area contributed by atoms with E-state index in [4.69, 9.17) is 14.5 Å². The summed E-state index contributed by atoms with van der Waals surface area (Å²) in [5, 5.41) is 0. The number of aryl methyl sites for hydroxylation is 2. The number of amides is 1. The Labute approximate surface area is 294 Å². The molecule has 264 valence electrons. The molecule has 13 heteroatoms. The summed E-state index contributed by atoms with van der Waals surface area (Å²) in [5.74, 6) is 0.286. The van der Waals surface area contributed by atoms with Crippen LogP contribution in [0, 0.1) is 19.3 Å². The summed E-state index contributed by atoms with van der Waals surface area (Å²) in [6.45, 7) is 10.5. The van der Waals surface area contributed by atoms with Crippen LogP contribution in [0.2, 0.25) is 0 Å². The summed E-state index contributed by atoms with van der Waals surface area (Å²) in [6, 6.07) is 15.3. The average Bonchev–Trinajstić information content (AvgIpc) is 3.04. The number of hydrogen-bond acceptors (Lipinski definition) is 10. The number of carbonyl (C=O) groups excluding carboxylic acids is 1. The van der Waals surface area contributed by atoms with E-state index in [2.05, 4.69) is 45.3 Å². The highest BCUT2D eigenvalue weighted by molar-refractivity contribution is 7.92. The van der Waals surface area contributed by atoms with E-state index >= 15 is 0 Å².